The van der Waals surface area contributed by atoms with Crippen molar-refractivity contribution >= 4 is 23.4 Å². The van der Waals surface area contributed by atoms with Crippen LogP contribution in [0, 0.1) is 6.92 Å². The van der Waals surface area contributed by atoms with Gasteiger partial charge < -0.3 is 16.4 Å². The van der Waals surface area contributed by atoms with Crippen LogP contribution in [0.3, 0.4) is 0 Å². The Morgan fingerprint density at radius 2 is 2.04 bits per heavy atom. The van der Waals surface area contributed by atoms with E-state index in [0.717, 1.165) is 24.2 Å². The second-order valence-electron chi connectivity index (χ2n) is 6.19. The van der Waals surface area contributed by atoms with Gasteiger partial charge in [-0.15, -0.1) is 0 Å². The lowest BCUT2D eigenvalue weighted by Crippen LogP contribution is -2.23. The number of hydrogen-bond acceptors (Lipinski definition) is 3. The number of pyridine rings is 1. The molecule has 0 aliphatic heterocycles. The van der Waals surface area contributed by atoms with Gasteiger partial charge in [0.15, 0.2) is 5.96 Å². The van der Waals surface area contributed by atoms with Gasteiger partial charge in [0, 0.05) is 17.8 Å². The second kappa shape index (κ2) is 7.79. The van der Waals surface area contributed by atoms with Gasteiger partial charge in [0.05, 0.1) is 6.54 Å². The van der Waals surface area contributed by atoms with Crippen molar-refractivity contribution in [2.24, 2.45) is 10.7 Å². The molecular weight excluding hydrogens is 314 g/mol. The average Bonchev–Trinajstić information content (AvgIpc) is 3.02. The number of nitrogens with zero attached hydrogens (tertiary/aromatic N) is 2. The van der Waals surface area contributed by atoms with Gasteiger partial charge in [-0.25, -0.2) is 4.98 Å². The zero-order valence-corrected chi connectivity index (χ0v) is 14.4. The molecule has 2 aromatic rings. The third-order valence-corrected chi connectivity index (χ3v) is 4.15. The number of aryl methyl sites for hydroxylation is 3. The molecule has 1 heterocycles. The highest BCUT2D eigenvalue weighted by Gasteiger charge is 2.11. The molecule has 1 aromatic carbocycles. The number of hydrogen-bond donors (Lipinski definition) is 3. The standard InChI is InChI=1S/C19H23N5O/c1-13-4-2-7-17(22-13)24-18(25)10-11-21-19(20)23-16-9-8-14-5-3-6-15(14)12-16/h2,4,7-9,12H,3,5-6,10-11H2,1H3,(H3,20,21,23)(H,22,24,25). The van der Waals surface area contributed by atoms with Gasteiger partial charge >= 0.3 is 0 Å². The normalized spacial score (nSPS) is 13.4. The SMILES string of the molecule is Cc1cccc(NC(=O)CCN=C(N)Nc2ccc3c(c2)CCC3)n1. The maximum absolute atomic E-state index is 11.9. The van der Waals surface area contributed by atoms with Crippen molar-refractivity contribution in [3.05, 3.63) is 53.2 Å². The number of aliphatic imine (C=N–C) groups is 1. The first-order chi connectivity index (χ1) is 12.1. The number of amides is 1. The fourth-order valence-corrected chi connectivity index (χ4v) is 2.93. The molecule has 0 unspecified atom stereocenters. The molecule has 1 aliphatic rings. The molecule has 0 atom stereocenters. The fraction of sp³-hybridized carbons (Fsp3) is 0.316. The van der Waals surface area contributed by atoms with Crippen molar-refractivity contribution < 1.29 is 4.79 Å². The van der Waals surface area contributed by atoms with Gasteiger partial charge in [-0.05, 0) is 61.6 Å². The maximum Gasteiger partial charge on any atom is 0.227 e. The Kier molecular flexibility index (Phi) is 5.28. The summed E-state index contributed by atoms with van der Waals surface area (Å²) in [5.74, 6) is 0.741. The molecule has 3 rings (SSSR count). The molecule has 0 spiro atoms. The molecule has 1 aliphatic carbocycles. The van der Waals surface area contributed by atoms with Crippen molar-refractivity contribution in [1.29, 1.82) is 0 Å². The van der Waals surface area contributed by atoms with Crippen molar-refractivity contribution in [3.8, 4) is 0 Å². The Hall–Kier alpha value is -2.89. The van der Waals surface area contributed by atoms with Crippen LogP contribution in [0.4, 0.5) is 11.5 Å². The summed E-state index contributed by atoms with van der Waals surface area (Å²) >= 11 is 0. The monoisotopic (exact) mass is 337 g/mol. The number of aromatic nitrogens is 1. The van der Waals surface area contributed by atoms with Crippen molar-refractivity contribution in [3.63, 3.8) is 0 Å². The Morgan fingerprint density at radius 1 is 1.20 bits per heavy atom. The van der Waals surface area contributed by atoms with E-state index in [4.69, 9.17) is 5.73 Å². The number of carbonyl (C=O) groups is 1. The van der Waals surface area contributed by atoms with E-state index in [-0.39, 0.29) is 12.3 Å². The minimum atomic E-state index is -0.132. The first-order valence-electron chi connectivity index (χ1n) is 8.52. The van der Waals surface area contributed by atoms with Crippen LogP contribution < -0.4 is 16.4 Å². The number of rotatable bonds is 5. The minimum absolute atomic E-state index is 0.132. The Labute approximate surface area is 147 Å². The largest absolute Gasteiger partial charge is 0.370 e. The van der Waals surface area contributed by atoms with E-state index in [9.17, 15) is 4.79 Å². The molecule has 0 saturated carbocycles. The molecule has 0 saturated heterocycles. The summed E-state index contributed by atoms with van der Waals surface area (Å²) in [6.45, 7) is 2.20. The lowest BCUT2D eigenvalue weighted by molar-refractivity contribution is -0.116. The van der Waals surface area contributed by atoms with Gasteiger partial charge in [-0.2, -0.15) is 0 Å². The fourth-order valence-electron chi connectivity index (χ4n) is 2.93. The topological polar surface area (TPSA) is 92.4 Å². The molecule has 4 N–H and O–H groups in total. The van der Waals surface area contributed by atoms with Gasteiger partial charge in [0.25, 0.3) is 0 Å². The zero-order valence-electron chi connectivity index (χ0n) is 14.4. The predicted octanol–water partition coefficient (Wildman–Crippen LogP) is 2.63. The lowest BCUT2D eigenvalue weighted by Gasteiger charge is -2.08. The first-order valence-corrected chi connectivity index (χ1v) is 8.52. The molecule has 0 fully saturated rings. The minimum Gasteiger partial charge on any atom is -0.370 e. The van der Waals surface area contributed by atoms with Crippen LogP contribution in [-0.4, -0.2) is 23.4 Å². The predicted molar refractivity (Wildman–Crippen MR) is 101 cm³/mol. The number of fused-ring (bicyclic) bond motifs is 1. The van der Waals surface area contributed by atoms with E-state index >= 15 is 0 Å². The Morgan fingerprint density at radius 3 is 2.88 bits per heavy atom. The van der Waals surface area contributed by atoms with E-state index in [1.54, 1.807) is 6.07 Å². The molecule has 0 bridgehead atoms. The number of nitrogens with one attached hydrogen (secondary N) is 2. The number of anilines is 2. The molecule has 1 aromatic heterocycles. The van der Waals surface area contributed by atoms with Crippen LogP contribution in [0.2, 0.25) is 0 Å². The lowest BCUT2D eigenvalue weighted by atomic mass is 10.1. The quantitative estimate of drug-likeness (QED) is 0.578. The van der Waals surface area contributed by atoms with Gasteiger partial charge in [0.2, 0.25) is 5.91 Å². The van der Waals surface area contributed by atoms with E-state index in [2.05, 4.69) is 32.7 Å². The van der Waals surface area contributed by atoms with Crippen molar-refractivity contribution in [2.75, 3.05) is 17.2 Å². The molecule has 6 heteroatoms. The van der Waals surface area contributed by atoms with Crippen LogP contribution in [0.15, 0.2) is 41.4 Å². The van der Waals surface area contributed by atoms with Gasteiger partial charge in [-0.3, -0.25) is 9.79 Å². The summed E-state index contributed by atoms with van der Waals surface area (Å²) in [6.07, 6.45) is 3.74. The summed E-state index contributed by atoms with van der Waals surface area (Å²) in [5.41, 5.74) is 10.5. The van der Waals surface area contributed by atoms with Crippen LogP contribution in [0.25, 0.3) is 0 Å². The number of carbonyl (C=O) groups excluding carboxylic acids is 1. The van der Waals surface area contributed by atoms with E-state index in [1.807, 2.05) is 25.1 Å². The molecule has 0 radical (unpaired) electrons. The highest BCUT2D eigenvalue weighted by Crippen LogP contribution is 2.24. The summed E-state index contributed by atoms with van der Waals surface area (Å²) in [5, 5.41) is 5.84. The van der Waals surface area contributed by atoms with Crippen LogP contribution >= 0.6 is 0 Å². The van der Waals surface area contributed by atoms with Crippen molar-refractivity contribution in [1.82, 2.24) is 4.98 Å². The first kappa shape index (κ1) is 17.0. The third kappa shape index (κ3) is 4.79. The molecule has 130 valence electrons. The molecule has 6 nitrogen and oxygen atoms in total. The zero-order chi connectivity index (χ0) is 17.6. The highest BCUT2D eigenvalue weighted by atomic mass is 16.1. The third-order valence-electron chi connectivity index (χ3n) is 4.15. The number of guanidine groups is 1. The molecule has 1 amide bonds. The van der Waals surface area contributed by atoms with Crippen LogP contribution in [0.1, 0.15) is 29.7 Å². The van der Waals surface area contributed by atoms with Crippen molar-refractivity contribution in [2.45, 2.75) is 32.6 Å². The van der Waals surface area contributed by atoms with Gasteiger partial charge in [0.1, 0.15) is 5.82 Å². The summed E-state index contributed by atoms with van der Waals surface area (Å²) < 4.78 is 0. The smallest absolute Gasteiger partial charge is 0.227 e. The second-order valence-corrected chi connectivity index (χ2v) is 6.19. The highest BCUT2D eigenvalue weighted by molar-refractivity contribution is 5.93. The average molecular weight is 337 g/mol. The summed E-state index contributed by atoms with van der Waals surface area (Å²) in [7, 11) is 0. The number of benzene rings is 1. The molecular formula is C19H23N5O. The van der Waals surface area contributed by atoms with Crippen LogP contribution in [-0.2, 0) is 17.6 Å². The van der Waals surface area contributed by atoms with E-state index in [0.29, 0.717) is 18.3 Å². The van der Waals surface area contributed by atoms with E-state index in [1.165, 1.54) is 17.5 Å². The number of nitrogens with two attached hydrogens (primary N) is 1. The van der Waals surface area contributed by atoms with Gasteiger partial charge in [-0.1, -0.05) is 12.1 Å². The maximum atomic E-state index is 11.9. The summed E-state index contributed by atoms with van der Waals surface area (Å²) in [6, 6.07) is 11.8. The summed E-state index contributed by atoms with van der Waals surface area (Å²) in [4.78, 5) is 20.4. The Bertz CT molecular complexity index is 800. The molecule has 25 heavy (non-hydrogen) atoms. The van der Waals surface area contributed by atoms with E-state index < -0.39 is 0 Å². The Balaban J connectivity index is 1.47. The van der Waals surface area contributed by atoms with Crippen LogP contribution in [0.5, 0.6) is 0 Å².